The molecule has 1 aromatic heterocycles. The number of aromatic nitrogens is 2. The standard InChI is InChI=1S/C16H31N3O2/c1-7-9-17-13(12-21-16(3,4)5)15-14(20-6)11-18-19(15)10-8-2/h11,13,17H,7-10,12H2,1-6H3. The molecule has 1 heterocycles. The van der Waals surface area contributed by atoms with Crippen molar-refractivity contribution in [2.75, 3.05) is 20.3 Å². The van der Waals surface area contributed by atoms with Gasteiger partial charge in [0.25, 0.3) is 0 Å². The highest BCUT2D eigenvalue weighted by Crippen LogP contribution is 2.26. The third kappa shape index (κ3) is 5.67. The van der Waals surface area contributed by atoms with E-state index in [1.54, 1.807) is 13.3 Å². The number of methoxy groups -OCH3 is 1. The van der Waals surface area contributed by atoms with Crippen LogP contribution in [0.4, 0.5) is 0 Å². The summed E-state index contributed by atoms with van der Waals surface area (Å²) < 4.78 is 13.5. The van der Waals surface area contributed by atoms with Gasteiger partial charge in [-0.15, -0.1) is 0 Å². The molecule has 1 N–H and O–H groups in total. The van der Waals surface area contributed by atoms with Crippen molar-refractivity contribution in [3.63, 3.8) is 0 Å². The van der Waals surface area contributed by atoms with E-state index in [9.17, 15) is 0 Å². The molecule has 0 aliphatic heterocycles. The van der Waals surface area contributed by atoms with Gasteiger partial charge in [0.1, 0.15) is 0 Å². The van der Waals surface area contributed by atoms with Crippen LogP contribution in [0, 0.1) is 0 Å². The molecule has 0 saturated heterocycles. The highest BCUT2D eigenvalue weighted by molar-refractivity contribution is 5.28. The highest BCUT2D eigenvalue weighted by atomic mass is 16.5. The molecule has 0 fully saturated rings. The number of hydrogen-bond acceptors (Lipinski definition) is 4. The average Bonchev–Trinajstić information content (AvgIpc) is 2.81. The molecule has 0 radical (unpaired) electrons. The van der Waals surface area contributed by atoms with Gasteiger partial charge in [-0.1, -0.05) is 13.8 Å². The van der Waals surface area contributed by atoms with Crippen LogP contribution < -0.4 is 10.1 Å². The molecule has 0 aromatic carbocycles. The zero-order valence-electron chi connectivity index (χ0n) is 14.4. The average molecular weight is 297 g/mol. The van der Waals surface area contributed by atoms with Gasteiger partial charge in [0, 0.05) is 6.54 Å². The first kappa shape index (κ1) is 18.0. The Hall–Kier alpha value is -1.07. The molecule has 0 aliphatic rings. The van der Waals surface area contributed by atoms with Gasteiger partial charge in [-0.05, 0) is 40.2 Å². The summed E-state index contributed by atoms with van der Waals surface area (Å²) >= 11 is 0. The van der Waals surface area contributed by atoms with Crippen LogP contribution in [0.3, 0.4) is 0 Å². The predicted molar refractivity (Wildman–Crippen MR) is 85.8 cm³/mol. The van der Waals surface area contributed by atoms with Crippen molar-refractivity contribution < 1.29 is 9.47 Å². The van der Waals surface area contributed by atoms with E-state index < -0.39 is 0 Å². The van der Waals surface area contributed by atoms with E-state index in [1.807, 2.05) is 4.68 Å². The third-order valence-corrected chi connectivity index (χ3v) is 3.15. The van der Waals surface area contributed by atoms with Crippen molar-refractivity contribution in [1.82, 2.24) is 15.1 Å². The van der Waals surface area contributed by atoms with Crippen LogP contribution in [0.5, 0.6) is 5.75 Å². The van der Waals surface area contributed by atoms with E-state index in [1.165, 1.54) is 0 Å². The third-order valence-electron chi connectivity index (χ3n) is 3.15. The zero-order chi connectivity index (χ0) is 15.9. The van der Waals surface area contributed by atoms with Crippen molar-refractivity contribution in [3.8, 4) is 5.75 Å². The Balaban J connectivity index is 2.97. The van der Waals surface area contributed by atoms with Gasteiger partial charge in [-0.2, -0.15) is 5.10 Å². The van der Waals surface area contributed by atoms with Crippen LogP contribution in [0.2, 0.25) is 0 Å². The fourth-order valence-electron chi connectivity index (χ4n) is 2.16. The normalized spacial score (nSPS) is 13.4. The minimum absolute atomic E-state index is 0.0909. The van der Waals surface area contributed by atoms with Crippen molar-refractivity contribution >= 4 is 0 Å². The Morgan fingerprint density at radius 1 is 1.29 bits per heavy atom. The summed E-state index contributed by atoms with van der Waals surface area (Å²) in [4.78, 5) is 0. The lowest BCUT2D eigenvalue weighted by atomic mass is 10.1. The first-order valence-electron chi connectivity index (χ1n) is 7.90. The van der Waals surface area contributed by atoms with Crippen molar-refractivity contribution in [1.29, 1.82) is 0 Å². The molecule has 0 amide bonds. The maximum Gasteiger partial charge on any atom is 0.161 e. The van der Waals surface area contributed by atoms with Gasteiger partial charge in [0.15, 0.2) is 5.75 Å². The second-order valence-electron chi connectivity index (χ2n) is 6.25. The maximum atomic E-state index is 5.99. The number of nitrogens with one attached hydrogen (secondary N) is 1. The Morgan fingerprint density at radius 3 is 2.52 bits per heavy atom. The topological polar surface area (TPSA) is 48.3 Å². The quantitative estimate of drug-likeness (QED) is 0.760. The van der Waals surface area contributed by atoms with Gasteiger partial charge >= 0.3 is 0 Å². The molecule has 0 aliphatic carbocycles. The summed E-state index contributed by atoms with van der Waals surface area (Å²) in [5.74, 6) is 0.828. The van der Waals surface area contributed by atoms with Gasteiger partial charge in [0.05, 0.1) is 37.3 Å². The van der Waals surface area contributed by atoms with E-state index in [2.05, 4.69) is 45.0 Å². The van der Waals surface area contributed by atoms with E-state index >= 15 is 0 Å². The number of aryl methyl sites for hydroxylation is 1. The minimum atomic E-state index is -0.158. The molecule has 1 rings (SSSR count). The van der Waals surface area contributed by atoms with Crippen molar-refractivity contribution in [3.05, 3.63) is 11.9 Å². The van der Waals surface area contributed by atoms with Crippen LogP contribution >= 0.6 is 0 Å². The first-order chi connectivity index (χ1) is 9.92. The van der Waals surface area contributed by atoms with Crippen molar-refractivity contribution in [2.45, 2.75) is 65.6 Å². The van der Waals surface area contributed by atoms with Gasteiger partial charge in [0.2, 0.25) is 0 Å². The lowest BCUT2D eigenvalue weighted by Crippen LogP contribution is -2.32. The molecular weight excluding hydrogens is 266 g/mol. The van der Waals surface area contributed by atoms with E-state index in [0.29, 0.717) is 6.61 Å². The fraction of sp³-hybridized carbons (Fsp3) is 0.812. The Labute approximate surface area is 129 Å². The molecule has 1 unspecified atom stereocenters. The molecule has 1 aromatic rings. The minimum Gasteiger partial charge on any atom is -0.493 e. The summed E-state index contributed by atoms with van der Waals surface area (Å²) in [7, 11) is 1.69. The molecule has 5 nitrogen and oxygen atoms in total. The second-order valence-corrected chi connectivity index (χ2v) is 6.25. The fourth-order valence-corrected chi connectivity index (χ4v) is 2.16. The van der Waals surface area contributed by atoms with Gasteiger partial charge in [-0.25, -0.2) is 0 Å². The van der Waals surface area contributed by atoms with Crippen molar-refractivity contribution in [2.24, 2.45) is 0 Å². The Morgan fingerprint density at radius 2 is 2.00 bits per heavy atom. The number of nitrogens with zero attached hydrogens (tertiary/aromatic N) is 2. The summed E-state index contributed by atoms with van der Waals surface area (Å²) in [6, 6.07) is 0.0909. The smallest absolute Gasteiger partial charge is 0.161 e. The summed E-state index contributed by atoms with van der Waals surface area (Å²) in [5.41, 5.74) is 0.923. The second kappa shape index (κ2) is 8.39. The molecular formula is C16H31N3O2. The lowest BCUT2D eigenvalue weighted by Gasteiger charge is -2.26. The summed E-state index contributed by atoms with van der Waals surface area (Å²) in [6.45, 7) is 13.0. The lowest BCUT2D eigenvalue weighted by molar-refractivity contribution is -0.0160. The van der Waals surface area contributed by atoms with Crippen LogP contribution in [0.1, 0.15) is 59.2 Å². The van der Waals surface area contributed by atoms with Crippen LogP contribution in [0.15, 0.2) is 6.20 Å². The molecule has 1 atom stereocenters. The Bertz CT molecular complexity index is 410. The van der Waals surface area contributed by atoms with Gasteiger partial charge in [-0.3, -0.25) is 4.68 Å². The molecule has 0 bridgehead atoms. The number of rotatable bonds is 9. The van der Waals surface area contributed by atoms with Crippen LogP contribution in [-0.2, 0) is 11.3 Å². The molecule has 21 heavy (non-hydrogen) atoms. The summed E-state index contributed by atoms with van der Waals surface area (Å²) in [5, 5.41) is 8.00. The highest BCUT2D eigenvalue weighted by Gasteiger charge is 2.23. The molecule has 5 heteroatoms. The van der Waals surface area contributed by atoms with E-state index in [4.69, 9.17) is 9.47 Å². The molecule has 122 valence electrons. The largest absolute Gasteiger partial charge is 0.493 e. The van der Waals surface area contributed by atoms with Gasteiger partial charge < -0.3 is 14.8 Å². The van der Waals surface area contributed by atoms with Crippen LogP contribution in [0.25, 0.3) is 0 Å². The maximum absolute atomic E-state index is 5.99. The number of ether oxygens (including phenoxy) is 2. The monoisotopic (exact) mass is 297 g/mol. The predicted octanol–water partition coefficient (Wildman–Crippen LogP) is 3.16. The van der Waals surface area contributed by atoms with Crippen LogP contribution in [-0.4, -0.2) is 35.6 Å². The Kier molecular flexibility index (Phi) is 7.18. The van der Waals surface area contributed by atoms with E-state index in [0.717, 1.165) is 37.4 Å². The molecule has 0 spiro atoms. The SMILES string of the molecule is CCCNC(COC(C)(C)C)c1c(OC)cnn1CCC. The van der Waals surface area contributed by atoms with E-state index in [-0.39, 0.29) is 11.6 Å². The summed E-state index contributed by atoms with van der Waals surface area (Å²) in [6.07, 6.45) is 3.91. The zero-order valence-corrected chi connectivity index (χ0v) is 14.4. The number of hydrogen-bond donors (Lipinski definition) is 1. The first-order valence-corrected chi connectivity index (χ1v) is 7.90. The molecule has 0 saturated carbocycles.